The normalized spacial score (nSPS) is 10.6. The van der Waals surface area contributed by atoms with E-state index in [1.807, 2.05) is 13.8 Å². The Morgan fingerprint density at radius 3 is 2.14 bits per heavy atom. The number of hydrogen-bond donors (Lipinski definition) is 0. The van der Waals surface area contributed by atoms with Crippen LogP contribution in [0, 0.1) is 5.92 Å². The lowest BCUT2D eigenvalue weighted by molar-refractivity contribution is -0.145. The lowest BCUT2D eigenvalue weighted by atomic mass is 10.2. The standard InChI is InChI=1S/C15H17Cl3O4/c1-9(2)8-21-13(19)4-3-5-14(20)22-15-11(17)6-10(16)7-12(15)18/h6-7,9H,3-5,8H2,1-2H3. The molecule has 122 valence electrons. The van der Waals surface area contributed by atoms with Gasteiger partial charge in [0.1, 0.15) is 0 Å². The van der Waals surface area contributed by atoms with Crippen LogP contribution in [0.5, 0.6) is 5.75 Å². The van der Waals surface area contributed by atoms with E-state index in [4.69, 9.17) is 44.3 Å². The number of hydrogen-bond acceptors (Lipinski definition) is 4. The Balaban J connectivity index is 2.40. The molecule has 0 saturated heterocycles. The molecule has 4 nitrogen and oxygen atoms in total. The van der Waals surface area contributed by atoms with Crippen LogP contribution in [0.3, 0.4) is 0 Å². The molecule has 0 bridgehead atoms. The highest BCUT2D eigenvalue weighted by molar-refractivity contribution is 6.40. The first-order valence-corrected chi connectivity index (χ1v) is 7.93. The predicted octanol–water partition coefficient (Wildman–Crippen LogP) is 4.92. The Bertz CT molecular complexity index is 521. The summed E-state index contributed by atoms with van der Waals surface area (Å²) in [6.45, 7) is 4.27. The topological polar surface area (TPSA) is 52.6 Å². The van der Waals surface area contributed by atoms with E-state index in [0.29, 0.717) is 18.1 Å². The van der Waals surface area contributed by atoms with Gasteiger partial charge in [0.2, 0.25) is 0 Å². The summed E-state index contributed by atoms with van der Waals surface area (Å²) >= 11 is 17.6. The zero-order valence-corrected chi connectivity index (χ0v) is 14.6. The molecule has 0 fully saturated rings. The van der Waals surface area contributed by atoms with Gasteiger partial charge in [0, 0.05) is 17.9 Å². The average molecular weight is 368 g/mol. The lowest BCUT2D eigenvalue weighted by Crippen LogP contribution is -2.12. The van der Waals surface area contributed by atoms with Crippen LogP contribution >= 0.6 is 34.8 Å². The molecule has 0 aliphatic carbocycles. The van der Waals surface area contributed by atoms with Crippen molar-refractivity contribution in [2.45, 2.75) is 33.1 Å². The Kier molecular flexibility index (Phi) is 8.01. The smallest absolute Gasteiger partial charge is 0.311 e. The number of halogens is 3. The van der Waals surface area contributed by atoms with Crippen molar-refractivity contribution < 1.29 is 19.1 Å². The first kappa shape index (κ1) is 19.1. The second-order valence-corrected chi connectivity index (χ2v) is 6.35. The Morgan fingerprint density at radius 1 is 1.05 bits per heavy atom. The van der Waals surface area contributed by atoms with E-state index in [0.717, 1.165) is 0 Å². The van der Waals surface area contributed by atoms with Crippen molar-refractivity contribution in [1.82, 2.24) is 0 Å². The van der Waals surface area contributed by atoms with Crippen molar-refractivity contribution in [3.8, 4) is 5.75 Å². The minimum Gasteiger partial charge on any atom is -0.465 e. The Labute approximate surface area is 144 Å². The molecule has 0 saturated carbocycles. The molecule has 0 amide bonds. The first-order chi connectivity index (χ1) is 10.3. The minimum absolute atomic E-state index is 0.0616. The summed E-state index contributed by atoms with van der Waals surface area (Å²) in [5.74, 6) is -0.505. The molecule has 22 heavy (non-hydrogen) atoms. The maximum atomic E-state index is 11.7. The third-order valence-electron chi connectivity index (χ3n) is 2.52. The van der Waals surface area contributed by atoms with Gasteiger partial charge in [-0.25, -0.2) is 0 Å². The molecule has 1 aromatic rings. The van der Waals surface area contributed by atoms with E-state index in [-0.39, 0.29) is 40.5 Å². The van der Waals surface area contributed by atoms with Crippen LogP contribution in [-0.2, 0) is 14.3 Å². The van der Waals surface area contributed by atoms with E-state index in [1.54, 1.807) is 0 Å². The maximum absolute atomic E-state index is 11.7. The fourth-order valence-electron chi connectivity index (χ4n) is 1.50. The zero-order chi connectivity index (χ0) is 16.7. The summed E-state index contributed by atoms with van der Waals surface area (Å²) in [5.41, 5.74) is 0. The van der Waals surface area contributed by atoms with Gasteiger partial charge >= 0.3 is 11.9 Å². The highest BCUT2D eigenvalue weighted by Crippen LogP contribution is 2.36. The number of carbonyl (C=O) groups excluding carboxylic acids is 2. The molecule has 7 heteroatoms. The van der Waals surface area contributed by atoms with Gasteiger partial charge in [-0.15, -0.1) is 0 Å². The van der Waals surface area contributed by atoms with Crippen molar-refractivity contribution >= 4 is 46.7 Å². The summed E-state index contributed by atoms with van der Waals surface area (Å²) in [6, 6.07) is 2.86. The van der Waals surface area contributed by atoms with E-state index >= 15 is 0 Å². The van der Waals surface area contributed by atoms with Crippen LogP contribution in [0.1, 0.15) is 33.1 Å². The second-order valence-electron chi connectivity index (χ2n) is 5.10. The molecular formula is C15H17Cl3O4. The second kappa shape index (κ2) is 9.23. The summed E-state index contributed by atoms with van der Waals surface area (Å²) in [6.07, 6.45) is 0.550. The molecular weight excluding hydrogens is 351 g/mol. The van der Waals surface area contributed by atoms with E-state index in [1.165, 1.54) is 12.1 Å². The molecule has 1 aromatic carbocycles. The van der Waals surface area contributed by atoms with Crippen molar-refractivity contribution in [3.05, 3.63) is 27.2 Å². The van der Waals surface area contributed by atoms with Crippen molar-refractivity contribution in [1.29, 1.82) is 0 Å². The third-order valence-corrected chi connectivity index (χ3v) is 3.30. The van der Waals surface area contributed by atoms with E-state index < -0.39 is 5.97 Å². The quantitative estimate of drug-likeness (QED) is 0.507. The highest BCUT2D eigenvalue weighted by atomic mass is 35.5. The van der Waals surface area contributed by atoms with Gasteiger partial charge in [-0.05, 0) is 24.5 Å². The summed E-state index contributed by atoms with van der Waals surface area (Å²) in [7, 11) is 0. The van der Waals surface area contributed by atoms with Crippen LogP contribution in [-0.4, -0.2) is 18.5 Å². The monoisotopic (exact) mass is 366 g/mol. The van der Waals surface area contributed by atoms with Crippen LogP contribution in [0.15, 0.2) is 12.1 Å². The van der Waals surface area contributed by atoms with Gasteiger partial charge in [0.25, 0.3) is 0 Å². The number of benzene rings is 1. The van der Waals surface area contributed by atoms with E-state index in [2.05, 4.69) is 0 Å². The summed E-state index contributed by atoms with van der Waals surface area (Å²) in [4.78, 5) is 23.1. The van der Waals surface area contributed by atoms with Crippen molar-refractivity contribution in [2.75, 3.05) is 6.61 Å². The molecule has 0 heterocycles. The van der Waals surface area contributed by atoms with Crippen molar-refractivity contribution in [3.63, 3.8) is 0 Å². The Morgan fingerprint density at radius 2 is 1.59 bits per heavy atom. The minimum atomic E-state index is -0.525. The van der Waals surface area contributed by atoms with Gasteiger partial charge in [-0.1, -0.05) is 48.7 Å². The van der Waals surface area contributed by atoms with Gasteiger partial charge < -0.3 is 9.47 Å². The van der Waals surface area contributed by atoms with Crippen LogP contribution in [0.4, 0.5) is 0 Å². The average Bonchev–Trinajstić information content (AvgIpc) is 2.40. The molecule has 0 aliphatic heterocycles. The number of esters is 2. The van der Waals surface area contributed by atoms with Gasteiger partial charge in [0.05, 0.1) is 16.7 Å². The molecule has 0 spiro atoms. The molecule has 0 atom stereocenters. The zero-order valence-electron chi connectivity index (χ0n) is 12.3. The summed E-state index contributed by atoms with van der Waals surface area (Å²) in [5, 5.41) is 0.659. The molecule has 0 radical (unpaired) electrons. The molecule has 1 rings (SSSR count). The SMILES string of the molecule is CC(C)COC(=O)CCCC(=O)Oc1c(Cl)cc(Cl)cc1Cl. The molecule has 0 aliphatic rings. The number of ether oxygens (including phenoxy) is 2. The highest BCUT2D eigenvalue weighted by Gasteiger charge is 2.14. The van der Waals surface area contributed by atoms with Crippen LogP contribution in [0.25, 0.3) is 0 Å². The number of carbonyl (C=O) groups is 2. The first-order valence-electron chi connectivity index (χ1n) is 6.80. The van der Waals surface area contributed by atoms with Crippen molar-refractivity contribution in [2.24, 2.45) is 5.92 Å². The predicted molar refractivity (Wildman–Crippen MR) is 86.8 cm³/mol. The van der Waals surface area contributed by atoms with Gasteiger partial charge in [-0.2, -0.15) is 0 Å². The third kappa shape index (κ3) is 6.86. The van der Waals surface area contributed by atoms with Crippen LogP contribution in [0.2, 0.25) is 15.1 Å². The van der Waals surface area contributed by atoms with Gasteiger partial charge in [0.15, 0.2) is 5.75 Å². The molecule has 0 unspecified atom stereocenters. The maximum Gasteiger partial charge on any atom is 0.311 e. The molecule has 0 aromatic heterocycles. The van der Waals surface area contributed by atoms with Crippen LogP contribution < -0.4 is 4.74 Å². The lowest BCUT2D eigenvalue weighted by Gasteiger charge is -2.09. The van der Waals surface area contributed by atoms with E-state index in [9.17, 15) is 9.59 Å². The largest absolute Gasteiger partial charge is 0.465 e. The summed E-state index contributed by atoms with van der Waals surface area (Å²) < 4.78 is 10.1. The fourth-order valence-corrected chi connectivity index (χ4v) is 2.39. The fraction of sp³-hybridized carbons (Fsp3) is 0.467. The van der Waals surface area contributed by atoms with Gasteiger partial charge in [-0.3, -0.25) is 9.59 Å². The molecule has 0 N–H and O–H groups in total. The number of rotatable bonds is 7. The Hall–Kier alpha value is -0.970.